The van der Waals surface area contributed by atoms with Crippen molar-refractivity contribution in [2.75, 3.05) is 33.7 Å². The van der Waals surface area contributed by atoms with Crippen LogP contribution in [0.2, 0.25) is 0 Å². The lowest BCUT2D eigenvalue weighted by Gasteiger charge is -2.39. The first-order chi connectivity index (χ1) is 18.9. The lowest BCUT2D eigenvalue weighted by Crippen LogP contribution is -2.50. The van der Waals surface area contributed by atoms with E-state index in [9.17, 15) is 19.5 Å². The number of carbonyl (C=O) groups is 3. The van der Waals surface area contributed by atoms with Crippen molar-refractivity contribution >= 4 is 17.9 Å². The summed E-state index contributed by atoms with van der Waals surface area (Å²) in [6, 6.07) is 7.34. The summed E-state index contributed by atoms with van der Waals surface area (Å²) in [6.07, 6.45) is 5.20. The van der Waals surface area contributed by atoms with Crippen molar-refractivity contribution in [1.82, 2.24) is 30.0 Å². The molecule has 1 saturated carbocycles. The fourth-order valence-electron chi connectivity index (χ4n) is 4.65. The minimum absolute atomic E-state index is 0.0231. The predicted octanol–water partition coefficient (Wildman–Crippen LogP) is 2.82. The molecule has 11 nitrogen and oxygen atoms in total. The number of nitrogens with zero attached hydrogens (tertiary/aromatic N) is 5. The molecule has 1 saturated heterocycles. The number of nitrogens with one attached hydrogen (secondary N) is 1. The van der Waals surface area contributed by atoms with E-state index in [1.165, 1.54) is 4.90 Å². The van der Waals surface area contributed by atoms with Gasteiger partial charge in [0.25, 0.3) is 5.91 Å². The Kier molecular flexibility index (Phi) is 9.05. The largest absolute Gasteiger partial charge is 0.444 e. The molecule has 40 heavy (non-hydrogen) atoms. The van der Waals surface area contributed by atoms with Crippen LogP contribution in [0.1, 0.15) is 68.6 Å². The number of piperidine rings is 1. The smallest absolute Gasteiger partial charge is 0.410 e. The second-order valence-corrected chi connectivity index (χ2v) is 11.6. The fraction of sp³-hybridized carbons (Fsp3) is 0.552. The topological polar surface area (TPSA) is 128 Å². The van der Waals surface area contributed by atoms with E-state index < -0.39 is 11.8 Å². The van der Waals surface area contributed by atoms with Crippen LogP contribution in [-0.4, -0.2) is 99.1 Å². The highest BCUT2D eigenvalue weighted by molar-refractivity contribution is 5.94. The van der Waals surface area contributed by atoms with Crippen molar-refractivity contribution in [2.45, 2.75) is 70.4 Å². The van der Waals surface area contributed by atoms with Gasteiger partial charge in [0.1, 0.15) is 11.8 Å². The first-order valence-corrected chi connectivity index (χ1v) is 13.8. The third-order valence-electron chi connectivity index (χ3n) is 7.01. The number of ether oxygens (including phenoxy) is 1. The zero-order chi connectivity index (χ0) is 29.0. The number of amides is 3. The molecule has 1 aliphatic carbocycles. The van der Waals surface area contributed by atoms with Crippen LogP contribution in [-0.2, 0) is 9.53 Å². The van der Waals surface area contributed by atoms with Crippen molar-refractivity contribution in [1.29, 1.82) is 0 Å². The Bertz CT molecular complexity index is 1180. The summed E-state index contributed by atoms with van der Waals surface area (Å²) in [4.78, 5) is 51.7. The summed E-state index contributed by atoms with van der Waals surface area (Å²) in [7, 11) is 3.32. The second-order valence-electron chi connectivity index (χ2n) is 11.6. The van der Waals surface area contributed by atoms with Crippen LogP contribution >= 0.6 is 0 Å². The summed E-state index contributed by atoms with van der Waals surface area (Å²) in [5.74, 6) is 0.253. The monoisotopic (exact) mass is 552 g/mol. The van der Waals surface area contributed by atoms with Gasteiger partial charge in [-0.25, -0.2) is 14.8 Å². The summed E-state index contributed by atoms with van der Waals surface area (Å²) < 4.78 is 5.50. The Morgan fingerprint density at radius 3 is 2.12 bits per heavy atom. The maximum absolute atomic E-state index is 13.5. The molecule has 2 aliphatic rings. The third kappa shape index (κ3) is 7.54. The molecule has 1 aliphatic heterocycles. The number of hydrogen-bond acceptors (Lipinski definition) is 8. The number of likely N-dealkylation sites (tertiary alicyclic amines) is 1. The van der Waals surface area contributed by atoms with Crippen molar-refractivity contribution in [3.05, 3.63) is 47.8 Å². The first kappa shape index (κ1) is 29.4. The first-order valence-electron chi connectivity index (χ1n) is 13.8. The molecular formula is C29H40N6O5. The van der Waals surface area contributed by atoms with E-state index in [0.717, 1.165) is 18.4 Å². The highest BCUT2D eigenvalue weighted by atomic mass is 16.6. The van der Waals surface area contributed by atoms with Crippen molar-refractivity contribution in [2.24, 2.45) is 0 Å². The van der Waals surface area contributed by atoms with Gasteiger partial charge in [-0.15, -0.1) is 0 Å². The molecule has 2 fully saturated rings. The van der Waals surface area contributed by atoms with E-state index in [4.69, 9.17) is 4.74 Å². The number of likely N-dealkylation sites (N-methyl/N-ethyl adjacent to an activating group) is 1. The number of rotatable bonds is 8. The highest BCUT2D eigenvalue weighted by Crippen LogP contribution is 2.33. The number of benzene rings is 1. The van der Waals surface area contributed by atoms with Gasteiger partial charge < -0.3 is 24.5 Å². The summed E-state index contributed by atoms with van der Waals surface area (Å²) in [6.45, 7) is 6.70. The number of aliphatic hydroxyl groups excluding tert-OH is 1. The molecule has 2 heterocycles. The summed E-state index contributed by atoms with van der Waals surface area (Å²) >= 11 is 0. The number of aliphatic hydroxyl groups is 1. The van der Waals surface area contributed by atoms with Gasteiger partial charge in [-0.05, 0) is 52.0 Å². The molecule has 3 amide bonds. The molecule has 4 rings (SSSR count). The zero-order valence-corrected chi connectivity index (χ0v) is 24.0. The number of carbonyl (C=O) groups excluding carboxylic acids is 3. The van der Waals surface area contributed by atoms with Crippen molar-refractivity contribution < 1.29 is 24.2 Å². The van der Waals surface area contributed by atoms with Gasteiger partial charge >= 0.3 is 6.09 Å². The molecule has 0 spiro atoms. The van der Waals surface area contributed by atoms with E-state index in [2.05, 4.69) is 15.3 Å². The van der Waals surface area contributed by atoms with Gasteiger partial charge in [0, 0.05) is 57.2 Å². The minimum Gasteiger partial charge on any atom is -0.444 e. The Balaban J connectivity index is 1.36. The molecule has 2 N–H and O–H groups in total. The summed E-state index contributed by atoms with van der Waals surface area (Å²) in [5.41, 5.74) is 1.25. The molecule has 1 aromatic carbocycles. The van der Waals surface area contributed by atoms with Gasteiger partial charge in [-0.3, -0.25) is 14.9 Å². The maximum Gasteiger partial charge on any atom is 0.410 e. The van der Waals surface area contributed by atoms with E-state index in [0.29, 0.717) is 42.9 Å². The molecular weight excluding hydrogens is 512 g/mol. The average Bonchev–Trinajstić information content (AvgIpc) is 3.76. The van der Waals surface area contributed by atoms with Gasteiger partial charge in [0.05, 0.1) is 12.1 Å². The zero-order valence-electron chi connectivity index (χ0n) is 24.0. The lowest BCUT2D eigenvalue weighted by atomic mass is 10.0. The molecule has 0 bridgehead atoms. The predicted molar refractivity (Wildman–Crippen MR) is 149 cm³/mol. The maximum atomic E-state index is 13.5. The Morgan fingerprint density at radius 2 is 1.60 bits per heavy atom. The molecule has 2 aromatic rings. The molecule has 216 valence electrons. The Morgan fingerprint density at radius 1 is 1.02 bits per heavy atom. The van der Waals surface area contributed by atoms with Crippen LogP contribution in [0.4, 0.5) is 4.79 Å². The lowest BCUT2D eigenvalue weighted by molar-refractivity contribution is -0.128. The van der Waals surface area contributed by atoms with Crippen LogP contribution in [0.25, 0.3) is 11.4 Å². The molecule has 0 radical (unpaired) electrons. The normalized spacial score (nSPS) is 16.8. The van der Waals surface area contributed by atoms with Crippen LogP contribution in [0, 0.1) is 0 Å². The molecule has 11 heteroatoms. The minimum atomic E-state index is -0.983. The molecule has 1 atom stereocenters. The van der Waals surface area contributed by atoms with E-state index >= 15 is 0 Å². The van der Waals surface area contributed by atoms with Crippen molar-refractivity contribution in [3.8, 4) is 11.4 Å². The second kappa shape index (κ2) is 12.3. The van der Waals surface area contributed by atoms with Crippen LogP contribution in [0.15, 0.2) is 36.7 Å². The standard InChI is InChI=1S/C29H40N6O5/c1-29(2,3)40-28(39)34-14-12-23(13-15-34)35(22-10-11-22)27(38)21-16-30-25(31-17-21)19-6-8-20(9-7-19)26(37)32-18-24(36)33(4)5/h6-9,16-17,22-23,26,32,37H,10-15,18H2,1-5H3. The fourth-order valence-corrected chi connectivity index (χ4v) is 4.65. The Hall–Kier alpha value is -3.57. The third-order valence-corrected chi connectivity index (χ3v) is 7.01. The van der Waals surface area contributed by atoms with Gasteiger partial charge in [0.15, 0.2) is 5.82 Å². The number of aromatic nitrogens is 2. The SMILES string of the molecule is CN(C)C(=O)CNC(O)c1ccc(-c2ncc(C(=O)N(C3CC3)C3CCN(C(=O)OC(C)(C)C)CC3)cn2)cc1. The molecule has 1 aromatic heterocycles. The van der Waals surface area contributed by atoms with Gasteiger partial charge in [-0.2, -0.15) is 0 Å². The van der Waals surface area contributed by atoms with Crippen LogP contribution in [0.5, 0.6) is 0 Å². The molecule has 1 unspecified atom stereocenters. The van der Waals surface area contributed by atoms with E-state index in [1.54, 1.807) is 55.7 Å². The van der Waals surface area contributed by atoms with Crippen LogP contribution < -0.4 is 5.32 Å². The summed E-state index contributed by atoms with van der Waals surface area (Å²) in [5, 5.41) is 13.1. The van der Waals surface area contributed by atoms with E-state index in [-0.39, 0.29) is 36.5 Å². The highest BCUT2D eigenvalue weighted by Gasteiger charge is 2.40. The van der Waals surface area contributed by atoms with Gasteiger partial charge in [0.2, 0.25) is 5.91 Å². The van der Waals surface area contributed by atoms with Gasteiger partial charge in [-0.1, -0.05) is 24.3 Å². The van der Waals surface area contributed by atoms with Crippen LogP contribution in [0.3, 0.4) is 0 Å². The Labute approximate surface area is 235 Å². The van der Waals surface area contributed by atoms with E-state index in [1.807, 2.05) is 25.7 Å². The average molecular weight is 553 g/mol. The number of hydrogen-bond donors (Lipinski definition) is 2. The van der Waals surface area contributed by atoms with Crippen molar-refractivity contribution in [3.63, 3.8) is 0 Å². The quantitative estimate of drug-likeness (QED) is 0.479.